The first-order valence-corrected chi connectivity index (χ1v) is 10.5. The summed E-state index contributed by atoms with van der Waals surface area (Å²) in [7, 11) is -2.35. The lowest BCUT2D eigenvalue weighted by Crippen LogP contribution is -2.27. The molecule has 0 aromatic heterocycles. The van der Waals surface area contributed by atoms with Gasteiger partial charge in [-0.15, -0.1) is 0 Å². The van der Waals surface area contributed by atoms with Gasteiger partial charge in [-0.1, -0.05) is 42.5 Å². The van der Waals surface area contributed by atoms with Crippen LogP contribution in [-0.2, 0) is 10.0 Å². The zero-order valence-electron chi connectivity index (χ0n) is 15.7. The summed E-state index contributed by atoms with van der Waals surface area (Å²) >= 11 is 0. The third kappa shape index (κ3) is 3.73. The number of sulfonamides is 1. The topological polar surface area (TPSA) is 59.0 Å². The summed E-state index contributed by atoms with van der Waals surface area (Å²) in [6.07, 6.45) is 0.322. The second-order valence-electron chi connectivity index (χ2n) is 6.64. The van der Waals surface area contributed by atoms with Crippen LogP contribution in [0, 0.1) is 5.82 Å². The summed E-state index contributed by atoms with van der Waals surface area (Å²) in [4.78, 5) is 0.136. The molecule has 0 radical (unpaired) electrons. The maximum atomic E-state index is 13.9. The zero-order valence-corrected chi connectivity index (χ0v) is 16.5. The SMILES string of the molecule is COc1cccc(C2=NN(S(=O)(=O)c3ccccc3)[C@H](c3cccc(F)c3)C2)c1. The molecule has 0 fully saturated rings. The molecule has 0 saturated carbocycles. The molecule has 148 valence electrons. The highest BCUT2D eigenvalue weighted by atomic mass is 32.2. The van der Waals surface area contributed by atoms with Crippen molar-refractivity contribution in [2.75, 3.05) is 7.11 Å². The molecule has 1 heterocycles. The van der Waals surface area contributed by atoms with Crippen molar-refractivity contribution in [3.63, 3.8) is 0 Å². The van der Waals surface area contributed by atoms with E-state index < -0.39 is 21.9 Å². The number of benzene rings is 3. The second kappa shape index (κ2) is 7.67. The third-order valence-electron chi connectivity index (χ3n) is 4.80. The molecule has 29 heavy (non-hydrogen) atoms. The lowest BCUT2D eigenvalue weighted by molar-refractivity contribution is 0.370. The summed E-state index contributed by atoms with van der Waals surface area (Å²) in [6.45, 7) is 0. The summed E-state index contributed by atoms with van der Waals surface area (Å²) in [5.74, 6) is 0.228. The number of methoxy groups -OCH3 is 1. The van der Waals surface area contributed by atoms with Crippen molar-refractivity contribution in [2.45, 2.75) is 17.4 Å². The van der Waals surface area contributed by atoms with E-state index in [4.69, 9.17) is 4.74 Å². The Balaban J connectivity index is 1.81. The molecule has 7 heteroatoms. The highest BCUT2D eigenvalue weighted by molar-refractivity contribution is 7.89. The van der Waals surface area contributed by atoms with Crippen LogP contribution in [0.1, 0.15) is 23.6 Å². The van der Waals surface area contributed by atoms with Gasteiger partial charge in [0.1, 0.15) is 11.6 Å². The maximum absolute atomic E-state index is 13.9. The molecule has 1 aliphatic rings. The summed E-state index contributed by atoms with van der Waals surface area (Å²) < 4.78 is 46.8. The molecule has 0 unspecified atom stereocenters. The Morgan fingerprint density at radius 3 is 2.48 bits per heavy atom. The van der Waals surface area contributed by atoms with Gasteiger partial charge in [0.05, 0.1) is 23.8 Å². The molecule has 0 spiro atoms. The number of rotatable bonds is 5. The first kappa shape index (κ1) is 19.1. The van der Waals surface area contributed by atoms with E-state index in [1.807, 2.05) is 18.2 Å². The maximum Gasteiger partial charge on any atom is 0.279 e. The molecule has 3 aromatic carbocycles. The highest BCUT2D eigenvalue weighted by Gasteiger charge is 2.37. The quantitative estimate of drug-likeness (QED) is 0.627. The average molecular weight is 410 g/mol. The van der Waals surface area contributed by atoms with Crippen LogP contribution in [0.2, 0.25) is 0 Å². The molecule has 1 atom stereocenters. The van der Waals surface area contributed by atoms with E-state index in [0.717, 1.165) is 9.98 Å². The Bertz CT molecular complexity index is 1160. The van der Waals surface area contributed by atoms with E-state index >= 15 is 0 Å². The number of halogens is 1. The number of nitrogens with zero attached hydrogens (tertiary/aromatic N) is 2. The van der Waals surface area contributed by atoms with Crippen LogP contribution in [0.15, 0.2) is 88.9 Å². The summed E-state index contributed by atoms with van der Waals surface area (Å²) in [6, 6.07) is 20.7. The molecule has 0 bridgehead atoms. The van der Waals surface area contributed by atoms with Gasteiger partial charge in [-0.2, -0.15) is 17.9 Å². The Labute approximate surface area is 169 Å². The fourth-order valence-electron chi connectivity index (χ4n) is 3.35. The molecule has 0 amide bonds. The van der Waals surface area contributed by atoms with Gasteiger partial charge >= 0.3 is 0 Å². The van der Waals surface area contributed by atoms with E-state index in [9.17, 15) is 12.8 Å². The van der Waals surface area contributed by atoms with Crippen LogP contribution in [0.25, 0.3) is 0 Å². The van der Waals surface area contributed by atoms with Gasteiger partial charge in [-0.3, -0.25) is 0 Å². The molecule has 3 aromatic rings. The van der Waals surface area contributed by atoms with E-state index in [2.05, 4.69) is 5.10 Å². The van der Waals surface area contributed by atoms with Gasteiger partial charge in [-0.25, -0.2) is 4.39 Å². The van der Waals surface area contributed by atoms with Gasteiger partial charge in [0.2, 0.25) is 0 Å². The Kier molecular flexibility index (Phi) is 5.07. The minimum atomic E-state index is -3.91. The molecule has 4 rings (SSSR count). The molecular formula is C22H19FN2O3S. The first-order valence-electron chi connectivity index (χ1n) is 9.06. The van der Waals surface area contributed by atoms with Crippen molar-refractivity contribution in [3.05, 3.63) is 95.8 Å². The smallest absolute Gasteiger partial charge is 0.279 e. The van der Waals surface area contributed by atoms with Crippen LogP contribution in [0.3, 0.4) is 0 Å². The molecule has 0 saturated heterocycles. The predicted molar refractivity (Wildman–Crippen MR) is 109 cm³/mol. The fraction of sp³-hybridized carbons (Fsp3) is 0.136. The van der Waals surface area contributed by atoms with E-state index in [0.29, 0.717) is 23.4 Å². The highest BCUT2D eigenvalue weighted by Crippen LogP contribution is 2.37. The standard InChI is InChI=1S/C22H19FN2O3S/c1-28-19-10-6-7-16(14-19)21-15-22(17-8-5-9-18(23)13-17)25(24-21)29(26,27)20-11-3-2-4-12-20/h2-14,22H,15H2,1H3/t22-/m0/s1. The summed E-state index contributed by atoms with van der Waals surface area (Å²) in [5.41, 5.74) is 1.90. The van der Waals surface area contributed by atoms with E-state index in [1.165, 1.54) is 24.3 Å². The van der Waals surface area contributed by atoms with Gasteiger partial charge in [0.15, 0.2) is 0 Å². The minimum absolute atomic E-state index is 0.136. The Morgan fingerprint density at radius 2 is 1.76 bits per heavy atom. The molecule has 5 nitrogen and oxygen atoms in total. The Hall–Kier alpha value is -3.19. The van der Waals surface area contributed by atoms with Crippen molar-refractivity contribution in [1.29, 1.82) is 0 Å². The predicted octanol–water partition coefficient (Wildman–Crippen LogP) is 4.37. The van der Waals surface area contributed by atoms with Crippen LogP contribution < -0.4 is 4.74 Å². The van der Waals surface area contributed by atoms with Gasteiger partial charge in [-0.05, 0) is 42.0 Å². The van der Waals surface area contributed by atoms with Crippen molar-refractivity contribution >= 4 is 15.7 Å². The van der Waals surface area contributed by atoms with Crippen molar-refractivity contribution in [3.8, 4) is 5.75 Å². The normalized spacial score (nSPS) is 16.6. The number of ether oxygens (including phenoxy) is 1. The summed E-state index contributed by atoms with van der Waals surface area (Å²) in [5, 5.41) is 4.45. The molecule has 1 aliphatic heterocycles. The molecular weight excluding hydrogens is 391 g/mol. The lowest BCUT2D eigenvalue weighted by atomic mass is 9.99. The number of hydrogen-bond acceptors (Lipinski definition) is 4. The van der Waals surface area contributed by atoms with Crippen LogP contribution >= 0.6 is 0 Å². The Morgan fingerprint density at radius 1 is 1.00 bits per heavy atom. The second-order valence-corrected chi connectivity index (χ2v) is 8.44. The lowest BCUT2D eigenvalue weighted by Gasteiger charge is -2.23. The van der Waals surface area contributed by atoms with Crippen molar-refractivity contribution < 1.29 is 17.5 Å². The van der Waals surface area contributed by atoms with Crippen LogP contribution in [0.4, 0.5) is 4.39 Å². The fourth-order valence-corrected chi connectivity index (χ4v) is 4.80. The van der Waals surface area contributed by atoms with Crippen LogP contribution in [-0.4, -0.2) is 25.7 Å². The first-order chi connectivity index (χ1) is 14.0. The third-order valence-corrected chi connectivity index (χ3v) is 6.49. The average Bonchev–Trinajstić information content (AvgIpc) is 3.21. The zero-order chi connectivity index (χ0) is 20.4. The van der Waals surface area contributed by atoms with E-state index in [-0.39, 0.29) is 4.90 Å². The van der Waals surface area contributed by atoms with Crippen LogP contribution in [0.5, 0.6) is 5.75 Å². The van der Waals surface area contributed by atoms with Gasteiger partial charge in [0.25, 0.3) is 10.0 Å². The molecule has 0 aliphatic carbocycles. The molecule has 0 N–H and O–H groups in total. The van der Waals surface area contributed by atoms with Gasteiger partial charge < -0.3 is 4.74 Å². The number of hydrazone groups is 1. The van der Waals surface area contributed by atoms with Crippen molar-refractivity contribution in [1.82, 2.24) is 4.41 Å². The van der Waals surface area contributed by atoms with E-state index in [1.54, 1.807) is 43.5 Å². The minimum Gasteiger partial charge on any atom is -0.497 e. The number of hydrogen-bond donors (Lipinski definition) is 0. The monoisotopic (exact) mass is 410 g/mol. The van der Waals surface area contributed by atoms with Gasteiger partial charge in [0, 0.05) is 12.0 Å². The van der Waals surface area contributed by atoms with Crippen molar-refractivity contribution in [2.24, 2.45) is 5.10 Å². The largest absolute Gasteiger partial charge is 0.497 e.